The van der Waals surface area contributed by atoms with E-state index in [0.29, 0.717) is 16.2 Å². The number of ether oxygens (including phenoxy) is 1. The molecule has 3 rings (SSSR count). The molecule has 1 unspecified atom stereocenters. The molecule has 1 amide bonds. The Labute approximate surface area is 174 Å². The summed E-state index contributed by atoms with van der Waals surface area (Å²) >= 11 is 1.09. The summed E-state index contributed by atoms with van der Waals surface area (Å²) in [6.45, 7) is 1.42. The fraction of sp³-hybridized carbons (Fsp3) is 0.100. The molecule has 9 nitrogen and oxygen atoms in total. The Bertz CT molecular complexity index is 1080. The van der Waals surface area contributed by atoms with E-state index in [1.165, 1.54) is 25.1 Å². The third kappa shape index (κ3) is 4.97. The number of hydrogen-bond donors (Lipinski definition) is 4. The van der Waals surface area contributed by atoms with Crippen molar-refractivity contribution in [3.63, 3.8) is 0 Å². The van der Waals surface area contributed by atoms with E-state index in [-0.39, 0.29) is 22.3 Å². The smallest absolute Gasteiger partial charge is 0.344 e. The average Bonchev–Trinajstić information content (AvgIpc) is 3.01. The van der Waals surface area contributed by atoms with Crippen molar-refractivity contribution in [2.24, 2.45) is 4.99 Å². The van der Waals surface area contributed by atoms with Gasteiger partial charge in [0.2, 0.25) is 0 Å². The molecule has 0 radical (unpaired) electrons. The van der Waals surface area contributed by atoms with Crippen LogP contribution in [0.1, 0.15) is 22.8 Å². The number of benzene rings is 2. The molecule has 1 saturated heterocycles. The lowest BCUT2D eigenvalue weighted by molar-refractivity contribution is -0.144. The van der Waals surface area contributed by atoms with Crippen LogP contribution >= 0.6 is 11.8 Å². The maximum absolute atomic E-state index is 12.2. The molecule has 1 fully saturated rings. The van der Waals surface area contributed by atoms with Gasteiger partial charge in [-0.3, -0.25) is 4.79 Å². The second kappa shape index (κ2) is 8.70. The van der Waals surface area contributed by atoms with Crippen LogP contribution in [-0.4, -0.2) is 44.4 Å². The standard InChI is InChI=1S/C20H16N2O7S/c1-10(18(25)26)29-13-5-2-11(3-6-13)8-16-17(24)22-20(30-16)21-12-4-7-14(19(27)28)15(23)9-12/h2-10,23H,1H3,(H,25,26)(H,27,28)(H,21,22,24)/b16-8-. The van der Waals surface area contributed by atoms with Gasteiger partial charge >= 0.3 is 11.9 Å². The molecule has 1 aliphatic rings. The van der Waals surface area contributed by atoms with Gasteiger partial charge in [-0.25, -0.2) is 14.6 Å². The van der Waals surface area contributed by atoms with Crippen molar-refractivity contribution >= 4 is 46.5 Å². The number of aromatic carboxylic acids is 1. The summed E-state index contributed by atoms with van der Waals surface area (Å²) < 4.78 is 5.26. The number of phenols is 1. The number of nitrogens with zero attached hydrogens (tertiary/aromatic N) is 1. The number of aliphatic imine (C=N–C) groups is 1. The minimum atomic E-state index is -1.26. The number of aromatic hydroxyl groups is 1. The summed E-state index contributed by atoms with van der Waals surface area (Å²) in [4.78, 5) is 38.5. The van der Waals surface area contributed by atoms with Gasteiger partial charge in [-0.2, -0.15) is 0 Å². The molecule has 2 aromatic rings. The number of rotatable bonds is 6. The Morgan fingerprint density at radius 2 is 1.87 bits per heavy atom. The lowest BCUT2D eigenvalue weighted by atomic mass is 10.2. The number of aliphatic carboxylic acids is 1. The average molecular weight is 428 g/mol. The minimum absolute atomic E-state index is 0.243. The van der Waals surface area contributed by atoms with E-state index in [2.05, 4.69) is 10.3 Å². The van der Waals surface area contributed by atoms with Crippen molar-refractivity contribution in [3.8, 4) is 11.5 Å². The maximum Gasteiger partial charge on any atom is 0.344 e. The van der Waals surface area contributed by atoms with Crippen molar-refractivity contribution in [2.45, 2.75) is 13.0 Å². The minimum Gasteiger partial charge on any atom is -0.507 e. The highest BCUT2D eigenvalue weighted by Gasteiger charge is 2.24. The summed E-state index contributed by atoms with van der Waals surface area (Å²) in [6, 6.07) is 10.4. The Hall–Kier alpha value is -3.79. The van der Waals surface area contributed by atoms with E-state index in [0.717, 1.165) is 11.8 Å². The fourth-order valence-corrected chi connectivity index (χ4v) is 3.26. The van der Waals surface area contributed by atoms with Gasteiger partial charge in [0, 0.05) is 6.07 Å². The van der Waals surface area contributed by atoms with Crippen LogP contribution < -0.4 is 10.1 Å². The van der Waals surface area contributed by atoms with Gasteiger partial charge in [-0.1, -0.05) is 12.1 Å². The SMILES string of the molecule is CC(Oc1ccc(/C=C2\SC(=Nc3ccc(C(=O)O)c(O)c3)NC2=O)cc1)C(=O)O. The van der Waals surface area contributed by atoms with Crippen molar-refractivity contribution in [2.75, 3.05) is 0 Å². The van der Waals surface area contributed by atoms with Crippen LogP contribution in [0.3, 0.4) is 0 Å². The molecule has 10 heteroatoms. The third-order valence-corrected chi connectivity index (χ3v) is 4.84. The fourth-order valence-electron chi connectivity index (χ4n) is 2.42. The first kappa shape index (κ1) is 20.9. The molecule has 0 spiro atoms. The van der Waals surface area contributed by atoms with Crippen LogP contribution in [0.25, 0.3) is 6.08 Å². The molecular formula is C20H16N2O7S. The molecule has 0 saturated carbocycles. The number of amidine groups is 1. The Morgan fingerprint density at radius 1 is 1.17 bits per heavy atom. The van der Waals surface area contributed by atoms with Crippen LogP contribution in [0.15, 0.2) is 52.4 Å². The zero-order valence-corrected chi connectivity index (χ0v) is 16.3. The molecule has 1 aliphatic heterocycles. The molecular weight excluding hydrogens is 412 g/mol. The maximum atomic E-state index is 12.2. The monoisotopic (exact) mass is 428 g/mol. The first-order chi connectivity index (χ1) is 14.2. The van der Waals surface area contributed by atoms with Crippen LogP contribution in [-0.2, 0) is 9.59 Å². The molecule has 0 bridgehead atoms. The molecule has 1 atom stereocenters. The van der Waals surface area contributed by atoms with Gasteiger partial charge in [0.05, 0.1) is 10.6 Å². The number of thioether (sulfide) groups is 1. The second-order valence-electron chi connectivity index (χ2n) is 6.16. The summed E-state index contributed by atoms with van der Waals surface area (Å²) in [5.74, 6) is -2.71. The first-order valence-electron chi connectivity index (χ1n) is 8.58. The zero-order valence-electron chi connectivity index (χ0n) is 15.5. The largest absolute Gasteiger partial charge is 0.507 e. The number of carboxylic acids is 2. The summed E-state index contributed by atoms with van der Waals surface area (Å²) in [6.07, 6.45) is 0.658. The molecule has 30 heavy (non-hydrogen) atoms. The predicted octanol–water partition coefficient (Wildman–Crippen LogP) is 2.83. The van der Waals surface area contributed by atoms with Gasteiger partial charge in [0.1, 0.15) is 17.1 Å². The number of nitrogens with one attached hydrogen (secondary N) is 1. The summed E-state index contributed by atoms with van der Waals surface area (Å²) in [5.41, 5.74) is 0.746. The summed E-state index contributed by atoms with van der Waals surface area (Å²) in [5, 5.41) is 30.4. The van der Waals surface area contributed by atoms with Crippen LogP contribution in [0, 0.1) is 0 Å². The van der Waals surface area contributed by atoms with Gasteiger partial charge < -0.3 is 25.4 Å². The number of amides is 1. The highest BCUT2D eigenvalue weighted by atomic mass is 32.2. The van der Waals surface area contributed by atoms with E-state index in [1.807, 2.05) is 0 Å². The van der Waals surface area contributed by atoms with Gasteiger partial charge in [-0.05, 0) is 54.6 Å². The lowest BCUT2D eigenvalue weighted by Gasteiger charge is -2.10. The second-order valence-corrected chi connectivity index (χ2v) is 7.19. The Balaban J connectivity index is 1.73. The van der Waals surface area contributed by atoms with Crippen LogP contribution in [0.4, 0.5) is 5.69 Å². The normalized spacial score (nSPS) is 17.0. The third-order valence-electron chi connectivity index (χ3n) is 3.93. The van der Waals surface area contributed by atoms with Crippen molar-refractivity contribution in [1.29, 1.82) is 0 Å². The highest BCUT2D eigenvalue weighted by Crippen LogP contribution is 2.30. The van der Waals surface area contributed by atoms with E-state index >= 15 is 0 Å². The molecule has 0 aromatic heterocycles. The lowest BCUT2D eigenvalue weighted by Crippen LogP contribution is -2.22. The summed E-state index contributed by atoms with van der Waals surface area (Å²) in [7, 11) is 0. The number of carbonyl (C=O) groups is 3. The topological polar surface area (TPSA) is 146 Å². The number of carboxylic acid groups (broad SMARTS) is 2. The van der Waals surface area contributed by atoms with Gasteiger partial charge in [0.25, 0.3) is 5.91 Å². The van der Waals surface area contributed by atoms with E-state index in [1.54, 1.807) is 30.3 Å². The van der Waals surface area contributed by atoms with Gasteiger partial charge in [0.15, 0.2) is 11.3 Å². The van der Waals surface area contributed by atoms with Crippen molar-refractivity contribution < 1.29 is 34.4 Å². The highest BCUT2D eigenvalue weighted by molar-refractivity contribution is 8.18. The zero-order chi connectivity index (χ0) is 21.8. The molecule has 2 aromatic carbocycles. The first-order valence-corrected chi connectivity index (χ1v) is 9.40. The van der Waals surface area contributed by atoms with Crippen LogP contribution in [0.2, 0.25) is 0 Å². The molecule has 154 valence electrons. The molecule has 4 N–H and O–H groups in total. The van der Waals surface area contributed by atoms with Gasteiger partial charge in [-0.15, -0.1) is 0 Å². The van der Waals surface area contributed by atoms with Crippen molar-refractivity contribution in [1.82, 2.24) is 5.32 Å². The Morgan fingerprint density at radius 3 is 2.47 bits per heavy atom. The van der Waals surface area contributed by atoms with E-state index < -0.39 is 23.8 Å². The predicted molar refractivity (Wildman–Crippen MR) is 110 cm³/mol. The molecule has 0 aliphatic carbocycles. The Kier molecular flexibility index (Phi) is 6.07. The van der Waals surface area contributed by atoms with E-state index in [4.69, 9.17) is 14.9 Å². The number of hydrogen-bond acceptors (Lipinski definition) is 7. The quantitative estimate of drug-likeness (QED) is 0.514. The molecule has 1 heterocycles. The number of carbonyl (C=O) groups excluding carboxylic acids is 1. The van der Waals surface area contributed by atoms with E-state index in [9.17, 15) is 19.5 Å². The van der Waals surface area contributed by atoms with Crippen LogP contribution in [0.5, 0.6) is 11.5 Å². The van der Waals surface area contributed by atoms with Crippen molar-refractivity contribution in [3.05, 3.63) is 58.5 Å².